The van der Waals surface area contributed by atoms with Gasteiger partial charge in [0.05, 0.1) is 0 Å². The molecule has 0 saturated carbocycles. The van der Waals surface area contributed by atoms with Crippen LogP contribution in [0.15, 0.2) is 23.1 Å². The number of alkyl halides is 1. The highest BCUT2D eigenvalue weighted by molar-refractivity contribution is 14.1. The number of rotatable bonds is 3. The number of ketones is 1. The predicted octanol–water partition coefficient (Wildman–Crippen LogP) is 3.88. The van der Waals surface area contributed by atoms with Crippen molar-refractivity contribution in [3.05, 3.63) is 27.3 Å². The molecule has 0 fully saturated rings. The van der Waals surface area contributed by atoms with Crippen LogP contribution in [0.4, 0.5) is 0 Å². The van der Waals surface area contributed by atoms with Crippen molar-refractivity contribution in [1.82, 2.24) is 0 Å². The summed E-state index contributed by atoms with van der Waals surface area (Å²) < 4.78 is 1.08. The Labute approximate surface area is 107 Å². The van der Waals surface area contributed by atoms with E-state index in [4.69, 9.17) is 11.6 Å². The third-order valence-electron chi connectivity index (χ3n) is 1.84. The van der Waals surface area contributed by atoms with E-state index in [2.05, 4.69) is 22.6 Å². The number of benzene rings is 1. The number of thioether (sulfide) groups is 1. The van der Waals surface area contributed by atoms with Crippen LogP contribution >= 0.6 is 46.0 Å². The quantitative estimate of drug-likeness (QED) is 0.472. The lowest BCUT2D eigenvalue weighted by atomic mass is 10.1. The van der Waals surface area contributed by atoms with E-state index < -0.39 is 5.38 Å². The molecule has 0 aliphatic rings. The molecule has 0 heterocycles. The van der Waals surface area contributed by atoms with E-state index in [-0.39, 0.29) is 5.78 Å². The molecule has 0 aliphatic heterocycles. The van der Waals surface area contributed by atoms with Crippen molar-refractivity contribution in [1.29, 1.82) is 0 Å². The molecule has 14 heavy (non-hydrogen) atoms. The van der Waals surface area contributed by atoms with Gasteiger partial charge in [-0.1, -0.05) is 12.1 Å². The minimum atomic E-state index is -0.519. The van der Waals surface area contributed by atoms with Crippen molar-refractivity contribution >= 4 is 51.7 Å². The van der Waals surface area contributed by atoms with E-state index in [1.54, 1.807) is 11.8 Å². The highest BCUT2D eigenvalue weighted by Gasteiger charge is 2.17. The Balaban J connectivity index is 3.15. The van der Waals surface area contributed by atoms with Crippen molar-refractivity contribution in [3.8, 4) is 0 Å². The van der Waals surface area contributed by atoms with Gasteiger partial charge in [-0.25, -0.2) is 0 Å². The molecule has 0 N–H and O–H groups in total. The molecule has 1 aromatic carbocycles. The van der Waals surface area contributed by atoms with Crippen LogP contribution in [0.25, 0.3) is 0 Å². The predicted molar refractivity (Wildman–Crippen MR) is 70.2 cm³/mol. The summed E-state index contributed by atoms with van der Waals surface area (Å²) in [5.74, 6) is -0.0113. The molecule has 1 rings (SSSR count). The van der Waals surface area contributed by atoms with Crippen molar-refractivity contribution < 1.29 is 4.79 Å². The first kappa shape index (κ1) is 12.3. The highest BCUT2D eigenvalue weighted by Crippen LogP contribution is 2.32. The van der Waals surface area contributed by atoms with Crippen LogP contribution in [0, 0.1) is 3.57 Å². The molecule has 0 spiro atoms. The van der Waals surface area contributed by atoms with Gasteiger partial charge in [0.1, 0.15) is 5.38 Å². The van der Waals surface area contributed by atoms with Crippen molar-refractivity contribution in [2.75, 3.05) is 6.26 Å². The fourth-order valence-corrected chi connectivity index (χ4v) is 3.31. The van der Waals surface area contributed by atoms with Crippen LogP contribution in [-0.4, -0.2) is 12.0 Å². The van der Waals surface area contributed by atoms with Crippen LogP contribution in [0.5, 0.6) is 0 Å². The van der Waals surface area contributed by atoms with Crippen LogP contribution in [-0.2, 0) is 4.79 Å². The molecule has 0 aromatic heterocycles. The Morgan fingerprint density at radius 3 is 2.71 bits per heavy atom. The van der Waals surface area contributed by atoms with Gasteiger partial charge < -0.3 is 0 Å². The topological polar surface area (TPSA) is 17.1 Å². The summed E-state index contributed by atoms with van der Waals surface area (Å²) in [7, 11) is 0. The number of hydrogen-bond donors (Lipinski definition) is 0. The van der Waals surface area contributed by atoms with Gasteiger partial charge in [-0.05, 0) is 47.4 Å². The first-order chi connectivity index (χ1) is 6.57. The molecule has 1 nitrogen and oxygen atoms in total. The first-order valence-corrected chi connectivity index (χ1v) is 6.78. The molecule has 0 amide bonds. The van der Waals surface area contributed by atoms with Gasteiger partial charge in [0.2, 0.25) is 0 Å². The lowest BCUT2D eigenvalue weighted by Crippen LogP contribution is -2.04. The Bertz CT molecular complexity index is 354. The van der Waals surface area contributed by atoms with Crippen molar-refractivity contribution in [2.45, 2.75) is 17.2 Å². The van der Waals surface area contributed by atoms with Gasteiger partial charge in [0.15, 0.2) is 5.78 Å². The zero-order valence-electron chi connectivity index (χ0n) is 7.88. The normalized spacial score (nSPS) is 12.6. The van der Waals surface area contributed by atoms with E-state index in [1.807, 2.05) is 24.5 Å². The average Bonchev–Trinajstić information content (AvgIpc) is 2.17. The fraction of sp³-hybridized carbons (Fsp3) is 0.300. The number of halogens is 2. The molecule has 0 saturated heterocycles. The number of carbonyl (C=O) groups is 1. The minimum absolute atomic E-state index is 0.0113. The Morgan fingerprint density at radius 1 is 1.57 bits per heavy atom. The maximum atomic E-state index is 11.2. The summed E-state index contributed by atoms with van der Waals surface area (Å²) in [4.78, 5) is 12.3. The summed E-state index contributed by atoms with van der Waals surface area (Å²) in [6.07, 6.45) is 2.01. The molecular weight excluding hydrogens is 331 g/mol. The molecule has 4 heteroatoms. The Hall–Kier alpha value is 0.260. The average molecular weight is 341 g/mol. The molecular formula is C10H10ClIOS. The van der Waals surface area contributed by atoms with Crippen LogP contribution in [0.1, 0.15) is 17.9 Å². The van der Waals surface area contributed by atoms with Gasteiger partial charge >= 0.3 is 0 Å². The molecule has 0 radical (unpaired) electrons. The number of hydrogen-bond acceptors (Lipinski definition) is 2. The van der Waals surface area contributed by atoms with Gasteiger partial charge in [-0.15, -0.1) is 23.4 Å². The second-order valence-electron chi connectivity index (χ2n) is 2.84. The van der Waals surface area contributed by atoms with Gasteiger partial charge in [0.25, 0.3) is 0 Å². The standard InChI is InChI=1S/C10H10ClIOS/c1-6(13)9(11)7-4-3-5-8(14-2)10(7)12/h3-5,9H,1-2H3. The summed E-state index contributed by atoms with van der Waals surface area (Å²) in [6.45, 7) is 1.51. The minimum Gasteiger partial charge on any atom is -0.298 e. The van der Waals surface area contributed by atoms with E-state index in [0.29, 0.717) is 0 Å². The molecule has 76 valence electrons. The second-order valence-corrected chi connectivity index (χ2v) is 5.20. The molecule has 0 bridgehead atoms. The Morgan fingerprint density at radius 2 is 2.21 bits per heavy atom. The Kier molecular flexibility index (Phi) is 4.73. The summed E-state index contributed by atoms with van der Waals surface area (Å²) in [5, 5.41) is -0.519. The summed E-state index contributed by atoms with van der Waals surface area (Å²) in [6, 6.07) is 5.86. The maximum Gasteiger partial charge on any atom is 0.152 e. The van der Waals surface area contributed by atoms with Crippen molar-refractivity contribution in [3.63, 3.8) is 0 Å². The van der Waals surface area contributed by atoms with Crippen LogP contribution in [0.3, 0.4) is 0 Å². The van der Waals surface area contributed by atoms with E-state index in [1.165, 1.54) is 6.92 Å². The van der Waals surface area contributed by atoms with E-state index in [9.17, 15) is 4.79 Å². The zero-order valence-corrected chi connectivity index (χ0v) is 11.6. The fourth-order valence-electron chi connectivity index (χ4n) is 1.10. The van der Waals surface area contributed by atoms with Gasteiger partial charge in [-0.3, -0.25) is 4.79 Å². The third-order valence-corrected chi connectivity index (χ3v) is 4.74. The lowest BCUT2D eigenvalue weighted by Gasteiger charge is -2.10. The lowest BCUT2D eigenvalue weighted by molar-refractivity contribution is -0.116. The first-order valence-electron chi connectivity index (χ1n) is 4.05. The van der Waals surface area contributed by atoms with E-state index in [0.717, 1.165) is 14.0 Å². The van der Waals surface area contributed by atoms with Crippen LogP contribution in [0.2, 0.25) is 0 Å². The number of carbonyl (C=O) groups excluding carboxylic acids is 1. The van der Waals surface area contributed by atoms with E-state index >= 15 is 0 Å². The smallest absolute Gasteiger partial charge is 0.152 e. The summed E-state index contributed by atoms with van der Waals surface area (Å²) in [5.41, 5.74) is 0.909. The summed E-state index contributed by atoms with van der Waals surface area (Å²) >= 11 is 9.91. The number of Topliss-reactive ketones (excluding diaryl/α,β-unsaturated/α-hetero) is 1. The van der Waals surface area contributed by atoms with Crippen molar-refractivity contribution in [2.24, 2.45) is 0 Å². The highest BCUT2D eigenvalue weighted by atomic mass is 127. The van der Waals surface area contributed by atoms with Gasteiger partial charge in [-0.2, -0.15) is 0 Å². The third kappa shape index (κ3) is 2.64. The molecule has 1 atom stereocenters. The maximum absolute atomic E-state index is 11.2. The monoisotopic (exact) mass is 340 g/mol. The SMILES string of the molecule is CSc1cccc(C(Cl)C(C)=O)c1I. The van der Waals surface area contributed by atoms with Gasteiger partial charge in [0, 0.05) is 8.47 Å². The molecule has 1 unspecified atom stereocenters. The second kappa shape index (κ2) is 5.37. The largest absolute Gasteiger partial charge is 0.298 e. The molecule has 0 aliphatic carbocycles. The van der Waals surface area contributed by atoms with Crippen LogP contribution < -0.4 is 0 Å². The zero-order chi connectivity index (χ0) is 10.7. The molecule has 1 aromatic rings.